The van der Waals surface area contributed by atoms with Crippen LogP contribution in [0.3, 0.4) is 0 Å². The molecule has 0 bridgehead atoms. The van der Waals surface area contributed by atoms with Crippen molar-refractivity contribution in [2.75, 3.05) is 11.9 Å². The SMILES string of the molecule is CCC1CC(COCc2c(-c3c(Cl)cccc3Cl)noc2C2CC2)N1C(=O)Nc1ccc(C(=O)O)cn1. The van der Waals surface area contributed by atoms with Crippen molar-refractivity contribution < 1.29 is 24.0 Å². The first-order valence-corrected chi connectivity index (χ1v) is 12.9. The van der Waals surface area contributed by atoms with Crippen LogP contribution in [0.25, 0.3) is 11.3 Å². The van der Waals surface area contributed by atoms with E-state index in [0.717, 1.165) is 37.0 Å². The molecule has 2 aliphatic rings. The zero-order valence-corrected chi connectivity index (χ0v) is 21.6. The average molecular weight is 545 g/mol. The molecule has 5 rings (SSSR count). The number of nitrogens with zero attached hydrogens (tertiary/aromatic N) is 3. The van der Waals surface area contributed by atoms with E-state index in [1.807, 2.05) is 6.92 Å². The van der Waals surface area contributed by atoms with Crippen LogP contribution in [-0.2, 0) is 11.3 Å². The molecule has 1 saturated heterocycles. The van der Waals surface area contributed by atoms with Crippen LogP contribution in [0.5, 0.6) is 0 Å². The maximum atomic E-state index is 13.0. The fraction of sp³-hybridized carbons (Fsp3) is 0.385. The minimum atomic E-state index is -1.07. The van der Waals surface area contributed by atoms with E-state index in [4.69, 9.17) is 37.6 Å². The van der Waals surface area contributed by atoms with Crippen LogP contribution in [0.15, 0.2) is 41.1 Å². The number of nitrogens with one attached hydrogen (secondary N) is 1. The maximum absolute atomic E-state index is 13.0. The number of urea groups is 1. The smallest absolute Gasteiger partial charge is 0.337 e. The number of ether oxygens (including phenoxy) is 1. The fourth-order valence-electron chi connectivity index (χ4n) is 4.66. The zero-order chi connectivity index (χ0) is 26.1. The van der Waals surface area contributed by atoms with E-state index >= 15 is 0 Å². The number of rotatable bonds is 9. The molecule has 3 heterocycles. The normalized spacial score (nSPS) is 18.9. The summed E-state index contributed by atoms with van der Waals surface area (Å²) in [4.78, 5) is 29.8. The van der Waals surface area contributed by atoms with Gasteiger partial charge >= 0.3 is 12.0 Å². The molecule has 37 heavy (non-hydrogen) atoms. The number of carboxylic acid groups (broad SMARTS) is 1. The van der Waals surface area contributed by atoms with Gasteiger partial charge in [-0.2, -0.15) is 0 Å². The van der Waals surface area contributed by atoms with Gasteiger partial charge in [-0.25, -0.2) is 14.6 Å². The molecule has 0 spiro atoms. The number of aromatic carboxylic acids is 1. The number of benzene rings is 1. The Morgan fingerprint density at radius 2 is 1.95 bits per heavy atom. The summed E-state index contributed by atoms with van der Waals surface area (Å²) < 4.78 is 11.8. The second-order valence-electron chi connectivity index (χ2n) is 9.29. The molecule has 194 valence electrons. The Morgan fingerprint density at radius 1 is 1.19 bits per heavy atom. The molecule has 1 aliphatic carbocycles. The summed E-state index contributed by atoms with van der Waals surface area (Å²) in [6.07, 6.45) is 4.91. The average Bonchev–Trinajstić information content (AvgIpc) is 3.61. The van der Waals surface area contributed by atoms with Crippen LogP contribution in [0, 0.1) is 0 Å². The van der Waals surface area contributed by atoms with Crippen LogP contribution in [0.1, 0.15) is 60.2 Å². The van der Waals surface area contributed by atoms with Crippen LogP contribution >= 0.6 is 23.2 Å². The number of hydrogen-bond acceptors (Lipinski definition) is 6. The fourth-order valence-corrected chi connectivity index (χ4v) is 5.23. The second kappa shape index (κ2) is 10.7. The van der Waals surface area contributed by atoms with Crippen LogP contribution in [0.2, 0.25) is 10.0 Å². The highest BCUT2D eigenvalue weighted by Crippen LogP contribution is 2.46. The minimum absolute atomic E-state index is 0.0522. The number of amides is 2. The number of carbonyl (C=O) groups is 2. The summed E-state index contributed by atoms with van der Waals surface area (Å²) in [5.41, 5.74) is 2.10. The lowest BCUT2D eigenvalue weighted by Gasteiger charge is -2.48. The summed E-state index contributed by atoms with van der Waals surface area (Å²) in [5, 5.41) is 17.1. The molecule has 1 saturated carbocycles. The maximum Gasteiger partial charge on any atom is 0.337 e. The molecule has 2 atom stereocenters. The quantitative estimate of drug-likeness (QED) is 0.328. The Labute approximate surface area is 223 Å². The molecule has 2 fully saturated rings. The number of pyridine rings is 1. The van der Waals surface area contributed by atoms with E-state index in [1.165, 1.54) is 18.3 Å². The number of carbonyl (C=O) groups excluding carboxylic acids is 1. The Hall–Kier alpha value is -3.14. The first kappa shape index (κ1) is 25.5. The molecule has 9 nitrogen and oxygen atoms in total. The standard InChI is InChI=1S/C26H26Cl2N4O5/c1-2-16-10-17(32(16)26(35)30-21-9-8-15(11-29-21)25(33)34)12-36-13-18-23(31-37-24(18)14-6-7-14)22-19(27)4-3-5-20(22)28/h3-5,8-9,11,14,16-17H,2,6-7,10,12-13H2,1H3,(H,33,34)(H,29,30,35). The van der Waals surface area contributed by atoms with Crippen molar-refractivity contribution >= 4 is 41.0 Å². The van der Waals surface area contributed by atoms with Crippen molar-refractivity contribution in [2.24, 2.45) is 0 Å². The van der Waals surface area contributed by atoms with E-state index in [0.29, 0.717) is 33.8 Å². The van der Waals surface area contributed by atoms with E-state index in [1.54, 1.807) is 23.1 Å². The van der Waals surface area contributed by atoms with Crippen molar-refractivity contribution in [1.29, 1.82) is 0 Å². The van der Waals surface area contributed by atoms with Gasteiger partial charge in [-0.1, -0.05) is 41.3 Å². The van der Waals surface area contributed by atoms with Gasteiger partial charge in [0.1, 0.15) is 17.3 Å². The van der Waals surface area contributed by atoms with Gasteiger partial charge in [-0.15, -0.1) is 0 Å². The summed E-state index contributed by atoms with van der Waals surface area (Å²) >= 11 is 12.9. The van der Waals surface area contributed by atoms with Crippen LogP contribution < -0.4 is 5.32 Å². The number of carboxylic acids is 1. The monoisotopic (exact) mass is 544 g/mol. The third kappa shape index (κ3) is 5.30. The molecule has 0 radical (unpaired) electrons. The first-order chi connectivity index (χ1) is 17.9. The molecule has 1 aliphatic heterocycles. The lowest BCUT2D eigenvalue weighted by atomic mass is 9.92. The zero-order valence-electron chi connectivity index (χ0n) is 20.1. The van der Waals surface area contributed by atoms with Gasteiger partial charge in [0.05, 0.1) is 34.9 Å². The van der Waals surface area contributed by atoms with Gasteiger partial charge in [0.25, 0.3) is 0 Å². The number of aromatic nitrogens is 2. The van der Waals surface area contributed by atoms with Crippen molar-refractivity contribution in [3.8, 4) is 11.3 Å². The third-order valence-corrected chi connectivity index (χ3v) is 7.43. The van der Waals surface area contributed by atoms with E-state index in [-0.39, 0.29) is 36.1 Å². The molecule has 2 N–H and O–H groups in total. The third-order valence-electron chi connectivity index (χ3n) is 6.81. The van der Waals surface area contributed by atoms with Crippen molar-refractivity contribution in [1.82, 2.24) is 15.0 Å². The Kier molecular flexibility index (Phi) is 7.37. The molecular weight excluding hydrogens is 519 g/mol. The van der Waals surface area contributed by atoms with Gasteiger partial charge in [0, 0.05) is 29.3 Å². The van der Waals surface area contributed by atoms with Gasteiger partial charge in [-0.3, -0.25) is 5.32 Å². The largest absolute Gasteiger partial charge is 0.478 e. The molecule has 2 amide bonds. The van der Waals surface area contributed by atoms with Crippen molar-refractivity contribution in [2.45, 2.75) is 57.2 Å². The predicted octanol–water partition coefficient (Wildman–Crippen LogP) is 6.22. The lowest BCUT2D eigenvalue weighted by Crippen LogP contribution is -2.61. The summed E-state index contributed by atoms with van der Waals surface area (Å²) in [6, 6.07) is 7.86. The summed E-state index contributed by atoms with van der Waals surface area (Å²) in [7, 11) is 0. The van der Waals surface area contributed by atoms with Gasteiger partial charge < -0.3 is 19.3 Å². The molecular formula is C26H26Cl2N4O5. The van der Waals surface area contributed by atoms with E-state index < -0.39 is 5.97 Å². The van der Waals surface area contributed by atoms with E-state index in [9.17, 15) is 9.59 Å². The summed E-state index contributed by atoms with van der Waals surface area (Å²) in [6.45, 7) is 2.62. The molecule has 11 heteroatoms. The number of anilines is 1. The highest BCUT2D eigenvalue weighted by atomic mass is 35.5. The second-order valence-corrected chi connectivity index (χ2v) is 10.1. The molecule has 1 aromatic carbocycles. The van der Waals surface area contributed by atoms with Crippen LogP contribution in [0.4, 0.5) is 10.6 Å². The molecule has 2 aromatic heterocycles. The number of hydrogen-bond donors (Lipinski definition) is 2. The highest BCUT2D eigenvalue weighted by Gasteiger charge is 2.41. The number of halogens is 2. The number of likely N-dealkylation sites (tertiary alicyclic amines) is 1. The Balaban J connectivity index is 1.26. The van der Waals surface area contributed by atoms with Gasteiger partial charge in [-0.05, 0) is 49.9 Å². The topological polar surface area (TPSA) is 118 Å². The molecule has 3 aromatic rings. The van der Waals surface area contributed by atoms with Gasteiger partial charge in [0.15, 0.2) is 0 Å². The van der Waals surface area contributed by atoms with Gasteiger partial charge in [0.2, 0.25) is 0 Å². The summed E-state index contributed by atoms with van der Waals surface area (Å²) in [5.74, 6) is 0.332. The Bertz CT molecular complexity index is 1290. The highest BCUT2D eigenvalue weighted by molar-refractivity contribution is 6.39. The van der Waals surface area contributed by atoms with Crippen molar-refractivity contribution in [3.05, 3.63) is 63.5 Å². The van der Waals surface area contributed by atoms with Crippen molar-refractivity contribution in [3.63, 3.8) is 0 Å². The van der Waals surface area contributed by atoms with E-state index in [2.05, 4.69) is 15.5 Å². The Morgan fingerprint density at radius 3 is 2.57 bits per heavy atom. The van der Waals surface area contributed by atoms with Crippen LogP contribution in [-0.4, -0.2) is 50.8 Å². The first-order valence-electron chi connectivity index (χ1n) is 12.2. The molecule has 2 unspecified atom stereocenters. The predicted molar refractivity (Wildman–Crippen MR) is 138 cm³/mol. The minimum Gasteiger partial charge on any atom is -0.478 e. The lowest BCUT2D eigenvalue weighted by molar-refractivity contribution is -0.0125.